The molecule has 0 atom stereocenters. The van der Waals surface area contributed by atoms with E-state index in [4.69, 9.17) is 15.2 Å². The number of carbonyl (C=O) groups is 2. The van der Waals surface area contributed by atoms with Gasteiger partial charge in [0.05, 0.1) is 29.5 Å². The average molecular weight is 521 g/mol. The molecular weight excluding hydrogens is 502 g/mol. The zero-order chi connectivity index (χ0) is 27.4. The van der Waals surface area contributed by atoms with Crippen molar-refractivity contribution in [1.29, 1.82) is 0 Å². The van der Waals surface area contributed by atoms with E-state index in [9.17, 15) is 19.7 Å². The van der Waals surface area contributed by atoms with Gasteiger partial charge in [-0.1, -0.05) is 11.3 Å². The first-order chi connectivity index (χ1) is 18.2. The summed E-state index contributed by atoms with van der Waals surface area (Å²) in [6.07, 6.45) is 1.33. The molecule has 1 amide bonds. The van der Waals surface area contributed by atoms with Crippen LogP contribution < -0.4 is 20.6 Å². The molecule has 16 heteroatoms. The zero-order valence-electron chi connectivity index (χ0n) is 20.1. The Kier molecular flexibility index (Phi) is 7.04. The minimum Gasteiger partial charge on any atom is -0.493 e. The molecular formula is C22H19N9O7. The molecule has 0 aliphatic heterocycles. The molecule has 0 bridgehead atoms. The Morgan fingerprint density at radius 3 is 2.68 bits per heavy atom. The maximum atomic E-state index is 12.7. The highest BCUT2D eigenvalue weighted by molar-refractivity contribution is 5.95. The third kappa shape index (κ3) is 4.99. The summed E-state index contributed by atoms with van der Waals surface area (Å²) in [5.41, 5.74) is 8.83. The number of rotatable bonds is 8. The summed E-state index contributed by atoms with van der Waals surface area (Å²) in [6.45, 7) is 3.02. The van der Waals surface area contributed by atoms with Crippen LogP contribution in [0, 0.1) is 24.0 Å². The van der Waals surface area contributed by atoms with Crippen molar-refractivity contribution in [1.82, 2.24) is 30.7 Å². The van der Waals surface area contributed by atoms with E-state index in [0.717, 1.165) is 4.68 Å². The number of amides is 1. The fourth-order valence-corrected chi connectivity index (χ4v) is 3.37. The Balaban J connectivity index is 1.48. The van der Waals surface area contributed by atoms with Gasteiger partial charge in [-0.15, -0.1) is 5.10 Å². The number of esters is 1. The van der Waals surface area contributed by atoms with Crippen molar-refractivity contribution in [3.8, 4) is 17.3 Å². The van der Waals surface area contributed by atoms with Crippen molar-refractivity contribution in [2.45, 2.75) is 13.8 Å². The number of anilines is 1. The number of hydrazone groups is 1. The largest absolute Gasteiger partial charge is 0.493 e. The highest BCUT2D eigenvalue weighted by Gasteiger charge is 2.23. The first-order valence-electron chi connectivity index (χ1n) is 10.7. The van der Waals surface area contributed by atoms with E-state index in [1.165, 1.54) is 50.6 Å². The molecule has 0 saturated heterocycles. The van der Waals surface area contributed by atoms with Crippen LogP contribution in [0.3, 0.4) is 0 Å². The highest BCUT2D eigenvalue weighted by atomic mass is 16.6. The van der Waals surface area contributed by atoms with Crippen LogP contribution in [0.4, 0.5) is 11.5 Å². The van der Waals surface area contributed by atoms with Gasteiger partial charge in [-0.05, 0) is 54.0 Å². The van der Waals surface area contributed by atoms with Crippen molar-refractivity contribution < 1.29 is 28.6 Å². The number of nitrogens with one attached hydrogen (secondary N) is 1. The fourth-order valence-electron chi connectivity index (χ4n) is 3.37. The summed E-state index contributed by atoms with van der Waals surface area (Å²) in [6, 6.07) is 8.64. The van der Waals surface area contributed by atoms with Crippen molar-refractivity contribution in [3.05, 3.63) is 74.6 Å². The summed E-state index contributed by atoms with van der Waals surface area (Å²) < 4.78 is 16.3. The Morgan fingerprint density at radius 1 is 1.21 bits per heavy atom. The molecule has 0 fully saturated rings. The van der Waals surface area contributed by atoms with Gasteiger partial charge in [0.25, 0.3) is 11.6 Å². The number of aryl methyl sites for hydroxylation is 1. The van der Waals surface area contributed by atoms with E-state index >= 15 is 0 Å². The molecule has 0 radical (unpaired) electrons. The van der Waals surface area contributed by atoms with Crippen molar-refractivity contribution >= 4 is 29.6 Å². The summed E-state index contributed by atoms with van der Waals surface area (Å²) in [4.78, 5) is 36.0. The van der Waals surface area contributed by atoms with Crippen molar-refractivity contribution in [2.75, 3.05) is 12.8 Å². The van der Waals surface area contributed by atoms with Gasteiger partial charge in [-0.3, -0.25) is 14.9 Å². The second kappa shape index (κ2) is 10.5. The van der Waals surface area contributed by atoms with Crippen LogP contribution in [0.25, 0.3) is 5.82 Å². The predicted molar refractivity (Wildman–Crippen MR) is 129 cm³/mol. The lowest BCUT2D eigenvalue weighted by molar-refractivity contribution is -0.385. The zero-order valence-corrected chi connectivity index (χ0v) is 20.1. The highest BCUT2D eigenvalue weighted by Crippen LogP contribution is 2.30. The summed E-state index contributed by atoms with van der Waals surface area (Å²) in [5, 5.41) is 29.8. The molecule has 0 spiro atoms. The van der Waals surface area contributed by atoms with Gasteiger partial charge in [0, 0.05) is 11.6 Å². The summed E-state index contributed by atoms with van der Waals surface area (Å²) >= 11 is 0. The molecule has 0 aliphatic carbocycles. The number of nitrogens with zero attached hydrogens (tertiary/aromatic N) is 7. The Morgan fingerprint density at radius 2 is 2.00 bits per heavy atom. The topological polar surface area (TPSA) is 216 Å². The number of benzene rings is 2. The molecule has 16 nitrogen and oxygen atoms in total. The number of methoxy groups -OCH3 is 1. The molecule has 2 heterocycles. The number of nitro benzene ring substituents is 1. The summed E-state index contributed by atoms with van der Waals surface area (Å²) in [5.74, 6) is -1.27. The third-order valence-corrected chi connectivity index (χ3v) is 5.24. The van der Waals surface area contributed by atoms with E-state index in [1.807, 2.05) is 0 Å². The first kappa shape index (κ1) is 25.4. The molecule has 194 valence electrons. The molecule has 3 N–H and O–H groups in total. The third-order valence-electron chi connectivity index (χ3n) is 5.24. The smallest absolute Gasteiger partial charge is 0.344 e. The number of ether oxygens (including phenoxy) is 2. The molecule has 4 aromatic rings. The first-order valence-corrected chi connectivity index (χ1v) is 10.7. The standard InChI is InChI=1S/C22H19N9O7/c1-11-14(5-4-6-15(11)31(34)35)22(33)37-16-8-7-13(9-17(16)36-3)10-24-26-21(32)18-12(2)25-29-30(18)20-19(23)27-38-28-20/h4-10H,1-3H3,(H2,23,27)(H,26,32). The van der Waals surface area contributed by atoms with Crippen LogP contribution in [-0.4, -0.2) is 55.4 Å². The monoisotopic (exact) mass is 521 g/mol. The molecule has 38 heavy (non-hydrogen) atoms. The van der Waals surface area contributed by atoms with Gasteiger partial charge >= 0.3 is 5.97 Å². The van der Waals surface area contributed by atoms with Crippen LogP contribution in [0.2, 0.25) is 0 Å². The van der Waals surface area contributed by atoms with Crippen LogP contribution in [0.15, 0.2) is 46.1 Å². The van der Waals surface area contributed by atoms with Gasteiger partial charge in [-0.2, -0.15) is 9.78 Å². The second-order valence-electron chi connectivity index (χ2n) is 7.61. The predicted octanol–water partition coefficient (Wildman–Crippen LogP) is 1.75. The maximum absolute atomic E-state index is 12.7. The number of carbonyl (C=O) groups excluding carboxylic acids is 2. The van der Waals surface area contributed by atoms with E-state index in [0.29, 0.717) is 5.56 Å². The average Bonchev–Trinajstić information content (AvgIpc) is 3.49. The number of nitrogens with two attached hydrogens (primary N) is 1. The molecule has 0 saturated carbocycles. The molecule has 0 aliphatic rings. The van der Waals surface area contributed by atoms with Crippen molar-refractivity contribution in [2.24, 2.45) is 5.10 Å². The molecule has 4 rings (SSSR count). The molecule has 2 aromatic heterocycles. The van der Waals surface area contributed by atoms with Gasteiger partial charge in [0.2, 0.25) is 11.6 Å². The van der Waals surface area contributed by atoms with Crippen LogP contribution in [0.1, 0.15) is 37.7 Å². The second-order valence-corrected chi connectivity index (χ2v) is 7.61. The lowest BCUT2D eigenvalue weighted by Crippen LogP contribution is -2.22. The lowest BCUT2D eigenvalue weighted by Gasteiger charge is -2.11. The SMILES string of the molecule is COc1cc(C=NNC(=O)c2c(C)nnn2-c2nonc2N)ccc1OC(=O)c1cccc([N+](=O)[O-])c1C. The maximum Gasteiger partial charge on any atom is 0.344 e. The van der Waals surface area contributed by atoms with Gasteiger partial charge < -0.3 is 15.2 Å². The minimum absolute atomic E-state index is 0.00472. The van der Waals surface area contributed by atoms with Crippen molar-refractivity contribution in [3.63, 3.8) is 0 Å². The molecule has 2 aromatic carbocycles. The van der Waals surface area contributed by atoms with Crippen LogP contribution >= 0.6 is 0 Å². The normalized spacial score (nSPS) is 10.9. The quantitative estimate of drug-likeness (QED) is 0.111. The number of hydrogen-bond donors (Lipinski definition) is 2. The summed E-state index contributed by atoms with van der Waals surface area (Å²) in [7, 11) is 1.37. The number of nitrogen functional groups attached to an aromatic ring is 1. The van der Waals surface area contributed by atoms with E-state index < -0.39 is 16.8 Å². The molecule has 0 unspecified atom stereocenters. The van der Waals surface area contributed by atoms with Gasteiger partial charge in [-0.25, -0.2) is 14.8 Å². The number of nitro groups is 1. The number of aromatic nitrogens is 5. The fraction of sp³-hybridized carbons (Fsp3) is 0.136. The van der Waals surface area contributed by atoms with E-state index in [-0.39, 0.29) is 51.3 Å². The Bertz CT molecular complexity index is 1580. The van der Waals surface area contributed by atoms with E-state index in [2.05, 4.69) is 35.8 Å². The van der Waals surface area contributed by atoms with Gasteiger partial charge in [0.1, 0.15) is 0 Å². The van der Waals surface area contributed by atoms with Crippen LogP contribution in [-0.2, 0) is 0 Å². The number of hydrogen-bond acceptors (Lipinski definition) is 13. The Labute approximate surface area is 213 Å². The van der Waals surface area contributed by atoms with Crippen LogP contribution in [0.5, 0.6) is 11.5 Å². The lowest BCUT2D eigenvalue weighted by atomic mass is 10.1. The van der Waals surface area contributed by atoms with E-state index in [1.54, 1.807) is 13.0 Å². The van der Waals surface area contributed by atoms with Gasteiger partial charge in [0.15, 0.2) is 17.2 Å². The Hall–Kier alpha value is -5.67. The minimum atomic E-state index is -0.790.